The van der Waals surface area contributed by atoms with Gasteiger partial charge in [-0.2, -0.15) is 0 Å². The van der Waals surface area contributed by atoms with Crippen molar-refractivity contribution >= 4 is 0 Å². The molecule has 0 aromatic heterocycles. The standard InChI is InChI=1S/C12H22O11/c13-1-4-6(16)8(18)9(19)11(21-4)23-12(3-15)10(20)7(17)5(2-14)22-12/h4-11,13-20H,1-3H2/t4-,5-,6-,7-,8+,9-,10+,11-,12+/m1/s1/i15T. The molecule has 2 fully saturated rings. The Labute approximate surface area is 132 Å². The van der Waals surface area contributed by atoms with E-state index in [2.05, 4.69) is 5.11 Å². The number of aliphatic hydroxyl groups is 8. The third-order valence-electron chi connectivity index (χ3n) is 4.05. The predicted molar refractivity (Wildman–Crippen MR) is 68.6 cm³/mol. The first-order chi connectivity index (χ1) is 11.3. The van der Waals surface area contributed by atoms with Crippen molar-refractivity contribution in [3.05, 3.63) is 0 Å². The van der Waals surface area contributed by atoms with Gasteiger partial charge in [-0.25, -0.2) is 0 Å². The van der Waals surface area contributed by atoms with Crippen LogP contribution in [0, 0.1) is 0 Å². The van der Waals surface area contributed by atoms with Crippen molar-refractivity contribution in [1.29, 1.82) is 1.43 Å². The molecule has 23 heavy (non-hydrogen) atoms. The van der Waals surface area contributed by atoms with Gasteiger partial charge in [0, 0.05) is 0 Å². The van der Waals surface area contributed by atoms with Crippen molar-refractivity contribution in [3.8, 4) is 0 Å². The van der Waals surface area contributed by atoms with E-state index in [-0.39, 0.29) is 0 Å². The lowest BCUT2D eigenvalue weighted by Gasteiger charge is -2.43. The zero-order valence-corrected chi connectivity index (χ0v) is 12.0. The first-order valence-corrected chi connectivity index (χ1v) is 7.02. The highest BCUT2D eigenvalue weighted by molar-refractivity contribution is 4.98. The summed E-state index contributed by atoms with van der Waals surface area (Å²) in [5.74, 6) is -2.18. The molecular formula is C12H22O11. The molecule has 8 N–H and O–H groups in total. The van der Waals surface area contributed by atoms with Crippen LogP contribution in [0.25, 0.3) is 0 Å². The van der Waals surface area contributed by atoms with Crippen molar-refractivity contribution in [2.45, 2.75) is 54.8 Å². The maximum absolute atomic E-state index is 10.1. The molecule has 11 heteroatoms. The van der Waals surface area contributed by atoms with Crippen molar-refractivity contribution in [2.24, 2.45) is 0 Å². The summed E-state index contributed by atoms with van der Waals surface area (Å²) in [5.41, 5.74) is 0. The van der Waals surface area contributed by atoms with Crippen LogP contribution in [0.1, 0.15) is 0 Å². The largest absolute Gasteiger partial charge is 0.394 e. The molecule has 0 radical (unpaired) electrons. The average Bonchev–Trinajstić information content (AvgIpc) is 2.80. The second-order valence-electron chi connectivity index (χ2n) is 5.55. The highest BCUT2D eigenvalue weighted by Gasteiger charge is 2.58. The summed E-state index contributed by atoms with van der Waals surface area (Å²) < 4.78 is 22.5. The van der Waals surface area contributed by atoms with Crippen molar-refractivity contribution < 1.29 is 55.1 Å². The molecule has 2 aliphatic heterocycles. The molecule has 0 bridgehead atoms. The lowest BCUT2D eigenvalue weighted by molar-refractivity contribution is -0.383. The van der Waals surface area contributed by atoms with Gasteiger partial charge in [-0.3, -0.25) is 0 Å². The maximum Gasteiger partial charge on any atom is 0.224 e. The van der Waals surface area contributed by atoms with Crippen LogP contribution in [-0.4, -0.2) is 117 Å². The summed E-state index contributed by atoms with van der Waals surface area (Å²) >= 11 is 0. The number of hydrogen-bond donors (Lipinski definition) is 8. The molecule has 2 saturated heterocycles. The van der Waals surface area contributed by atoms with E-state index in [0.29, 0.717) is 0 Å². The smallest absolute Gasteiger partial charge is 0.224 e. The molecule has 0 aromatic rings. The maximum atomic E-state index is 10.1. The zero-order valence-electron chi connectivity index (χ0n) is 13.0. The van der Waals surface area contributed by atoms with E-state index in [1.807, 2.05) is 0 Å². The second-order valence-corrected chi connectivity index (χ2v) is 5.55. The third-order valence-corrected chi connectivity index (χ3v) is 4.05. The quantitative estimate of drug-likeness (QED) is 0.229. The van der Waals surface area contributed by atoms with E-state index >= 15 is 0 Å². The Morgan fingerprint density at radius 2 is 1.57 bits per heavy atom. The van der Waals surface area contributed by atoms with Gasteiger partial charge in [0.25, 0.3) is 0 Å². The zero-order chi connectivity index (χ0) is 18.1. The van der Waals surface area contributed by atoms with Crippen molar-refractivity contribution in [1.82, 2.24) is 0 Å². The Balaban J connectivity index is 2.21. The van der Waals surface area contributed by atoms with E-state index in [9.17, 15) is 25.5 Å². The van der Waals surface area contributed by atoms with Gasteiger partial charge in [-0.15, -0.1) is 0 Å². The minimum Gasteiger partial charge on any atom is -0.394 e. The first-order valence-electron chi connectivity index (χ1n) is 7.43. The summed E-state index contributed by atoms with van der Waals surface area (Å²) in [4.78, 5) is 0. The molecule has 0 aliphatic carbocycles. The number of rotatable bonds is 6. The third kappa shape index (κ3) is 3.23. The van der Waals surface area contributed by atoms with Crippen LogP contribution in [0.5, 0.6) is 0 Å². The van der Waals surface area contributed by atoms with E-state index in [4.69, 9.17) is 25.9 Å². The number of ether oxygens (including phenoxy) is 3. The molecule has 2 rings (SSSR count). The van der Waals surface area contributed by atoms with Gasteiger partial charge in [0.2, 0.25) is 7.22 Å². The van der Waals surface area contributed by atoms with E-state index in [1.165, 1.54) is 0 Å². The van der Waals surface area contributed by atoms with Crippen LogP contribution in [0.3, 0.4) is 0 Å². The average molecular weight is 344 g/mol. The molecule has 0 amide bonds. The summed E-state index contributed by atoms with van der Waals surface area (Å²) in [6.07, 6.45) is -12.7. The van der Waals surface area contributed by atoms with Crippen LogP contribution >= 0.6 is 0 Å². The topological polar surface area (TPSA) is 190 Å². The Morgan fingerprint density at radius 1 is 0.913 bits per heavy atom. The van der Waals surface area contributed by atoms with E-state index in [1.54, 1.807) is 0 Å². The monoisotopic (exact) mass is 344 g/mol. The van der Waals surface area contributed by atoms with E-state index < -0.39 is 74.6 Å². The van der Waals surface area contributed by atoms with Crippen LogP contribution in [0.15, 0.2) is 0 Å². The molecule has 2 aliphatic rings. The summed E-state index contributed by atoms with van der Waals surface area (Å²) in [6.45, 7) is -2.09. The molecule has 0 saturated carbocycles. The minimum absolute atomic E-state index is 0.671. The minimum atomic E-state index is -2.18. The lowest BCUT2D eigenvalue weighted by atomic mass is 9.99. The van der Waals surface area contributed by atoms with Gasteiger partial charge in [0.15, 0.2) is 6.29 Å². The van der Waals surface area contributed by atoms with Crippen molar-refractivity contribution in [3.63, 3.8) is 0 Å². The molecule has 9 atom stereocenters. The van der Waals surface area contributed by atoms with Crippen LogP contribution < -0.4 is 0 Å². The summed E-state index contributed by atoms with van der Waals surface area (Å²) in [7, 11) is 0. The highest BCUT2D eigenvalue weighted by Crippen LogP contribution is 2.35. The SMILES string of the molecule is [3H]OC[C@@]1(O[C@H]2O[C@H](CO)[C@@H](O)[C@H](O)[C@H]2O)O[C@H](CO)[C@@H](O)[C@@H]1O. The fourth-order valence-electron chi connectivity index (χ4n) is 2.62. The Morgan fingerprint density at radius 3 is 2.09 bits per heavy atom. The van der Waals surface area contributed by atoms with Crippen LogP contribution in [-0.2, 0) is 14.2 Å². The normalized spacial score (nSPS) is 51.7. The van der Waals surface area contributed by atoms with Gasteiger partial charge in [0.1, 0.15) is 49.3 Å². The molecule has 0 spiro atoms. The highest BCUT2D eigenvalue weighted by atomic mass is 16.8. The van der Waals surface area contributed by atoms with Crippen molar-refractivity contribution in [2.75, 3.05) is 19.8 Å². The first kappa shape index (κ1) is 17.4. The molecule has 2 heterocycles. The van der Waals surface area contributed by atoms with Crippen LogP contribution in [0.4, 0.5) is 0 Å². The fourth-order valence-corrected chi connectivity index (χ4v) is 2.62. The Kier molecular flexibility index (Phi) is 5.45. The summed E-state index contributed by atoms with van der Waals surface area (Å²) in [6, 6.07) is 0. The fraction of sp³-hybridized carbons (Fsp3) is 1.00. The van der Waals surface area contributed by atoms with Gasteiger partial charge >= 0.3 is 0 Å². The van der Waals surface area contributed by atoms with E-state index in [0.717, 1.165) is 0 Å². The summed E-state index contributed by atoms with van der Waals surface area (Å²) in [5, 5.41) is 71.8. The number of aliphatic hydroxyl groups excluding tert-OH is 8. The Bertz CT molecular complexity index is 412. The van der Waals surface area contributed by atoms with Gasteiger partial charge in [-0.1, -0.05) is 0 Å². The lowest BCUT2D eigenvalue weighted by Crippen LogP contribution is -2.62. The molecule has 136 valence electrons. The molecular weight excluding hydrogens is 320 g/mol. The predicted octanol–water partition coefficient (Wildman–Crippen LogP) is -5.40. The molecule has 11 nitrogen and oxygen atoms in total. The van der Waals surface area contributed by atoms with Gasteiger partial charge in [0.05, 0.1) is 13.2 Å². The molecule has 0 unspecified atom stereocenters. The molecule has 0 aromatic carbocycles. The second kappa shape index (κ2) is 7.21. The van der Waals surface area contributed by atoms with Crippen LogP contribution in [0.2, 0.25) is 0 Å². The van der Waals surface area contributed by atoms with Gasteiger partial charge in [-0.05, 0) is 0 Å². The Hall–Kier alpha value is -0.440. The number of hydrogen-bond acceptors (Lipinski definition) is 11. The van der Waals surface area contributed by atoms with Gasteiger partial charge < -0.3 is 55.1 Å².